The number of aromatic nitrogens is 1. The average Bonchev–Trinajstić information content (AvgIpc) is 3.19. The minimum atomic E-state index is -2.46. The molecule has 3 rings (SSSR count). The van der Waals surface area contributed by atoms with Gasteiger partial charge in [0.25, 0.3) is 0 Å². The summed E-state index contributed by atoms with van der Waals surface area (Å²) in [6.07, 6.45) is -2.35. The summed E-state index contributed by atoms with van der Waals surface area (Å²) >= 11 is 1.25. The number of rotatable bonds is 6. The summed E-state index contributed by atoms with van der Waals surface area (Å²) in [4.78, 5) is 30.5. The van der Waals surface area contributed by atoms with Crippen LogP contribution in [0.2, 0.25) is 0 Å². The number of hydrogen-bond donors (Lipinski definition) is 1. The number of alkyl halides is 2. The van der Waals surface area contributed by atoms with Gasteiger partial charge in [-0.15, -0.1) is 11.3 Å². The molecule has 2 amide bonds. The molecular formula is C23H29F2N3O4S. The van der Waals surface area contributed by atoms with Gasteiger partial charge >= 0.3 is 12.2 Å². The van der Waals surface area contributed by atoms with E-state index in [1.807, 2.05) is 20.8 Å². The molecule has 1 aromatic carbocycles. The van der Waals surface area contributed by atoms with Crippen molar-refractivity contribution in [3.63, 3.8) is 0 Å². The van der Waals surface area contributed by atoms with E-state index >= 15 is 0 Å². The summed E-state index contributed by atoms with van der Waals surface area (Å²) in [5.74, 6) is 0.153. The van der Waals surface area contributed by atoms with E-state index in [1.165, 1.54) is 11.3 Å². The number of amides is 2. The molecule has 1 fully saturated rings. The number of ether oxygens (including phenoxy) is 2. The van der Waals surface area contributed by atoms with Crippen molar-refractivity contribution < 1.29 is 27.8 Å². The zero-order valence-electron chi connectivity index (χ0n) is 19.0. The fraction of sp³-hybridized carbons (Fsp3) is 0.522. The molecule has 7 nitrogen and oxygen atoms in total. The molecule has 0 unspecified atom stereocenters. The van der Waals surface area contributed by atoms with Gasteiger partial charge in [-0.1, -0.05) is 12.1 Å². The number of thiazole rings is 1. The second-order valence-electron chi connectivity index (χ2n) is 8.92. The van der Waals surface area contributed by atoms with E-state index in [0.717, 1.165) is 12.8 Å². The maximum absolute atomic E-state index is 12.6. The summed E-state index contributed by atoms with van der Waals surface area (Å²) in [5, 5.41) is 4.87. The minimum absolute atomic E-state index is 0.153. The molecular weight excluding hydrogens is 452 g/mol. The fourth-order valence-electron chi connectivity index (χ4n) is 3.41. The van der Waals surface area contributed by atoms with E-state index in [0.29, 0.717) is 35.0 Å². The van der Waals surface area contributed by atoms with Crippen molar-refractivity contribution in [2.45, 2.75) is 52.1 Å². The monoisotopic (exact) mass is 481 g/mol. The van der Waals surface area contributed by atoms with Gasteiger partial charge in [0.15, 0.2) is 0 Å². The highest BCUT2D eigenvalue weighted by Crippen LogP contribution is 2.31. The third-order valence-electron chi connectivity index (χ3n) is 5.03. The molecule has 1 N–H and O–H groups in total. The van der Waals surface area contributed by atoms with E-state index in [-0.39, 0.29) is 18.6 Å². The van der Waals surface area contributed by atoms with Crippen LogP contribution in [-0.2, 0) is 15.9 Å². The number of benzene rings is 1. The number of hydrogen-bond acceptors (Lipinski definition) is 6. The van der Waals surface area contributed by atoms with Gasteiger partial charge in [0.1, 0.15) is 10.6 Å². The summed E-state index contributed by atoms with van der Waals surface area (Å²) in [6, 6.07) is 7.04. The second kappa shape index (κ2) is 10.9. The van der Waals surface area contributed by atoms with Gasteiger partial charge in [-0.25, -0.2) is 23.4 Å². The predicted molar refractivity (Wildman–Crippen MR) is 123 cm³/mol. The number of nitrogens with zero attached hydrogens (tertiary/aromatic N) is 2. The van der Waals surface area contributed by atoms with Crippen LogP contribution in [0.25, 0.3) is 10.6 Å². The number of nitrogens with one attached hydrogen (secondary N) is 1. The first kappa shape index (κ1) is 24.9. The zero-order valence-corrected chi connectivity index (χ0v) is 19.8. The minimum Gasteiger partial charge on any atom is -0.449 e. The van der Waals surface area contributed by atoms with Crippen molar-refractivity contribution in [2.24, 2.45) is 5.92 Å². The lowest BCUT2D eigenvalue weighted by atomic mass is 9.98. The zero-order chi connectivity index (χ0) is 24.0. The number of likely N-dealkylation sites (tertiary alicyclic amines) is 1. The first-order valence-corrected chi connectivity index (χ1v) is 11.7. The summed E-state index contributed by atoms with van der Waals surface area (Å²) in [6.45, 7) is 6.85. The summed E-state index contributed by atoms with van der Waals surface area (Å²) in [5.41, 5.74) is 0.931. The van der Waals surface area contributed by atoms with Gasteiger partial charge in [-0.2, -0.15) is 0 Å². The molecule has 1 aliphatic rings. The first-order valence-electron chi connectivity index (χ1n) is 10.8. The SMILES string of the molecule is CC(C)(C)OC(=O)N1CCC(COC(=O)Nc2ccccc2-c2nc(CC(F)F)cs2)CC1. The Labute approximate surface area is 196 Å². The molecule has 0 aliphatic carbocycles. The number of anilines is 1. The molecule has 1 saturated heterocycles. The van der Waals surface area contributed by atoms with Gasteiger partial charge in [0.05, 0.1) is 24.4 Å². The normalized spacial score (nSPS) is 14.9. The molecule has 0 atom stereocenters. The smallest absolute Gasteiger partial charge is 0.411 e. The third-order valence-corrected chi connectivity index (χ3v) is 5.95. The number of carbonyl (C=O) groups is 2. The van der Waals surface area contributed by atoms with E-state index in [1.54, 1.807) is 34.5 Å². The summed E-state index contributed by atoms with van der Waals surface area (Å²) < 4.78 is 36.0. The van der Waals surface area contributed by atoms with Crippen LogP contribution in [0.15, 0.2) is 29.6 Å². The Kier molecular flexibility index (Phi) is 8.23. The Hall–Kier alpha value is -2.75. The maximum atomic E-state index is 12.6. The van der Waals surface area contributed by atoms with E-state index in [9.17, 15) is 18.4 Å². The van der Waals surface area contributed by atoms with E-state index in [4.69, 9.17) is 9.47 Å². The highest BCUT2D eigenvalue weighted by Gasteiger charge is 2.27. The molecule has 0 radical (unpaired) electrons. The van der Waals surface area contributed by atoms with Gasteiger partial charge < -0.3 is 14.4 Å². The molecule has 10 heteroatoms. The molecule has 2 heterocycles. The predicted octanol–water partition coefficient (Wildman–Crippen LogP) is 5.81. The lowest BCUT2D eigenvalue weighted by Crippen LogP contribution is -2.42. The second-order valence-corrected chi connectivity index (χ2v) is 9.78. The van der Waals surface area contributed by atoms with Gasteiger partial charge in [0.2, 0.25) is 6.43 Å². The molecule has 0 saturated carbocycles. The maximum Gasteiger partial charge on any atom is 0.411 e. The van der Waals surface area contributed by atoms with Crippen LogP contribution < -0.4 is 5.32 Å². The average molecular weight is 482 g/mol. The lowest BCUT2D eigenvalue weighted by molar-refractivity contribution is 0.0153. The topological polar surface area (TPSA) is 80.8 Å². The van der Waals surface area contributed by atoms with Crippen molar-refractivity contribution in [2.75, 3.05) is 25.0 Å². The van der Waals surface area contributed by atoms with Crippen molar-refractivity contribution in [1.29, 1.82) is 0 Å². The Morgan fingerprint density at radius 3 is 2.61 bits per heavy atom. The Balaban J connectivity index is 1.49. The third kappa shape index (κ3) is 7.66. The van der Waals surface area contributed by atoms with Crippen LogP contribution in [0.1, 0.15) is 39.3 Å². The van der Waals surface area contributed by atoms with Crippen molar-refractivity contribution >= 4 is 29.2 Å². The van der Waals surface area contributed by atoms with Gasteiger partial charge in [-0.05, 0) is 51.7 Å². The van der Waals surface area contributed by atoms with Gasteiger partial charge in [0, 0.05) is 24.0 Å². The van der Waals surface area contributed by atoms with Crippen LogP contribution in [-0.4, -0.2) is 53.8 Å². The lowest BCUT2D eigenvalue weighted by Gasteiger charge is -2.33. The molecule has 33 heavy (non-hydrogen) atoms. The van der Waals surface area contributed by atoms with Crippen LogP contribution in [0, 0.1) is 5.92 Å². The highest BCUT2D eigenvalue weighted by atomic mass is 32.1. The molecule has 180 valence electrons. The molecule has 0 bridgehead atoms. The Bertz CT molecular complexity index is 953. The molecule has 2 aromatic rings. The van der Waals surface area contributed by atoms with Crippen LogP contribution >= 0.6 is 11.3 Å². The first-order chi connectivity index (χ1) is 15.6. The van der Waals surface area contributed by atoms with Crippen molar-refractivity contribution in [3.05, 3.63) is 35.3 Å². The molecule has 1 aromatic heterocycles. The van der Waals surface area contributed by atoms with Crippen LogP contribution in [0.5, 0.6) is 0 Å². The van der Waals surface area contributed by atoms with Crippen molar-refractivity contribution in [3.8, 4) is 10.6 Å². The van der Waals surface area contributed by atoms with E-state index < -0.39 is 24.5 Å². The Morgan fingerprint density at radius 2 is 1.94 bits per heavy atom. The van der Waals surface area contributed by atoms with E-state index in [2.05, 4.69) is 10.3 Å². The van der Waals surface area contributed by atoms with Crippen LogP contribution in [0.3, 0.4) is 0 Å². The molecule has 1 aliphatic heterocycles. The quantitative estimate of drug-likeness (QED) is 0.563. The largest absolute Gasteiger partial charge is 0.449 e. The molecule has 0 spiro atoms. The fourth-order valence-corrected chi connectivity index (χ4v) is 4.28. The summed E-state index contributed by atoms with van der Waals surface area (Å²) in [7, 11) is 0. The number of carbonyl (C=O) groups excluding carboxylic acids is 2. The Morgan fingerprint density at radius 1 is 1.24 bits per heavy atom. The van der Waals surface area contributed by atoms with Crippen LogP contribution in [0.4, 0.5) is 24.1 Å². The standard InChI is InChI=1S/C23H29F2N3O4S/c1-23(2,3)32-22(30)28-10-8-15(9-11-28)13-31-21(29)27-18-7-5-4-6-17(18)20-26-16(14-33-20)12-19(24)25/h4-7,14-15,19H,8-13H2,1-3H3,(H,27,29). The van der Waals surface area contributed by atoms with Gasteiger partial charge in [-0.3, -0.25) is 5.32 Å². The number of halogens is 2. The highest BCUT2D eigenvalue weighted by molar-refractivity contribution is 7.13. The number of para-hydroxylation sites is 1. The van der Waals surface area contributed by atoms with Crippen molar-refractivity contribution in [1.82, 2.24) is 9.88 Å². The number of piperidine rings is 1.